The molecule has 1 aromatic heterocycles. The topological polar surface area (TPSA) is 120 Å². The summed E-state index contributed by atoms with van der Waals surface area (Å²) in [5, 5.41) is 1.54. The van der Waals surface area contributed by atoms with E-state index in [-0.39, 0.29) is 40.8 Å². The Morgan fingerprint density at radius 3 is 2.61 bits per heavy atom. The van der Waals surface area contributed by atoms with Crippen LogP contribution in [0.2, 0.25) is 0 Å². The monoisotopic (exact) mass is 508 g/mol. The highest BCUT2D eigenvalue weighted by Crippen LogP contribution is 2.37. The number of nitrogens with zero attached hydrogens (tertiary/aromatic N) is 3. The number of rotatable bonds is 9. The quantitative estimate of drug-likeness (QED) is 0.543. The zero-order valence-corrected chi connectivity index (χ0v) is 20.4. The number of halogens is 2. The second kappa shape index (κ2) is 10.8. The Morgan fingerprint density at radius 1 is 1.25 bits per heavy atom. The van der Waals surface area contributed by atoms with Crippen LogP contribution in [0.15, 0.2) is 22.6 Å². The van der Waals surface area contributed by atoms with Gasteiger partial charge in [-0.25, -0.2) is 4.98 Å². The van der Waals surface area contributed by atoms with Crippen LogP contribution >= 0.6 is 0 Å². The molecule has 1 amide bonds. The van der Waals surface area contributed by atoms with E-state index in [0.717, 1.165) is 12.8 Å². The number of piperazine rings is 1. The molecular weight excluding hydrogens is 478 g/mol. The van der Waals surface area contributed by atoms with Gasteiger partial charge in [-0.3, -0.25) is 9.59 Å². The molecule has 1 unspecified atom stereocenters. The predicted octanol–water partition coefficient (Wildman–Crippen LogP) is 3.38. The average Bonchev–Trinajstić information content (AvgIpc) is 3.53. The predicted molar refractivity (Wildman–Crippen MR) is 123 cm³/mol. The Morgan fingerprint density at radius 2 is 2.00 bits per heavy atom. The van der Waals surface area contributed by atoms with Crippen molar-refractivity contribution in [1.29, 1.82) is 0 Å². The smallest absolute Gasteiger partial charge is 0.387 e. The number of hydrogen-bond acceptors (Lipinski definition) is 9. The van der Waals surface area contributed by atoms with Gasteiger partial charge in [-0.2, -0.15) is 8.78 Å². The molecule has 2 atom stereocenters. The summed E-state index contributed by atoms with van der Waals surface area (Å²) in [6, 6.07) is 3.52. The number of oxazole rings is 1. The number of aromatic nitrogens is 1. The summed E-state index contributed by atoms with van der Waals surface area (Å²) in [5.41, 5.74) is 6.57. The Bertz CT molecular complexity index is 1100. The standard InChI is InChI=1S/C24H30F2N4O6/c1-13-11-29(8-9-30(13)36-15(3)31)23(32)20-21(14(2)27)35-22(28-20)17-6-7-18(34-24(25)26)19(10-17)33-12-16-4-5-16/h6-7,10,13-14,16,24H,4-5,8-9,11-12,27H2,1-3H3/t13?,14-/m0/s1. The first-order valence-electron chi connectivity index (χ1n) is 11.8. The lowest BCUT2D eigenvalue weighted by Gasteiger charge is -2.37. The van der Waals surface area contributed by atoms with Gasteiger partial charge in [0.2, 0.25) is 5.89 Å². The number of nitrogens with two attached hydrogens (primary N) is 1. The highest BCUT2D eigenvalue weighted by Gasteiger charge is 2.33. The van der Waals surface area contributed by atoms with Crippen LogP contribution in [0.25, 0.3) is 11.5 Å². The third-order valence-electron chi connectivity index (χ3n) is 5.95. The molecule has 1 aliphatic carbocycles. The van der Waals surface area contributed by atoms with Crippen molar-refractivity contribution in [3.8, 4) is 23.0 Å². The minimum absolute atomic E-state index is 0.0708. The molecule has 0 bridgehead atoms. The van der Waals surface area contributed by atoms with Crippen LogP contribution < -0.4 is 15.2 Å². The summed E-state index contributed by atoms with van der Waals surface area (Å²) in [4.78, 5) is 35.9. The molecule has 2 aromatic rings. The highest BCUT2D eigenvalue weighted by atomic mass is 19.3. The van der Waals surface area contributed by atoms with Gasteiger partial charge in [-0.15, -0.1) is 5.06 Å². The van der Waals surface area contributed by atoms with Crippen LogP contribution in [0.1, 0.15) is 55.9 Å². The molecule has 2 N–H and O–H groups in total. The van der Waals surface area contributed by atoms with E-state index in [2.05, 4.69) is 9.72 Å². The highest BCUT2D eigenvalue weighted by molar-refractivity contribution is 5.94. The van der Waals surface area contributed by atoms with Crippen LogP contribution in [0.5, 0.6) is 11.5 Å². The summed E-state index contributed by atoms with van der Waals surface area (Å²) in [6.45, 7) is 3.20. The molecule has 12 heteroatoms. The second-order valence-electron chi connectivity index (χ2n) is 9.14. The molecule has 1 aliphatic heterocycles. The fourth-order valence-electron chi connectivity index (χ4n) is 3.93. The third kappa shape index (κ3) is 6.11. The Hall–Kier alpha value is -3.25. The molecule has 2 fully saturated rings. The summed E-state index contributed by atoms with van der Waals surface area (Å²) in [6.07, 6.45) is 2.06. The fourth-order valence-corrected chi connectivity index (χ4v) is 3.93. The molecule has 1 saturated carbocycles. The lowest BCUT2D eigenvalue weighted by atomic mass is 10.1. The number of benzene rings is 1. The van der Waals surface area contributed by atoms with E-state index < -0.39 is 18.6 Å². The largest absolute Gasteiger partial charge is 0.489 e. The number of carbonyl (C=O) groups excluding carboxylic acids is 2. The van der Waals surface area contributed by atoms with Gasteiger partial charge in [0.05, 0.1) is 25.2 Å². The first-order chi connectivity index (χ1) is 17.1. The van der Waals surface area contributed by atoms with Gasteiger partial charge in [0.25, 0.3) is 5.91 Å². The summed E-state index contributed by atoms with van der Waals surface area (Å²) in [7, 11) is 0. The molecule has 196 valence electrons. The molecule has 36 heavy (non-hydrogen) atoms. The fraction of sp³-hybridized carbons (Fsp3) is 0.542. The maximum absolute atomic E-state index is 13.4. The van der Waals surface area contributed by atoms with Crippen molar-refractivity contribution < 1.29 is 37.1 Å². The first-order valence-corrected chi connectivity index (χ1v) is 11.8. The van der Waals surface area contributed by atoms with Crippen LogP contribution in [-0.4, -0.2) is 65.7 Å². The van der Waals surface area contributed by atoms with Gasteiger partial charge in [0.15, 0.2) is 23.0 Å². The second-order valence-corrected chi connectivity index (χ2v) is 9.14. The summed E-state index contributed by atoms with van der Waals surface area (Å²) >= 11 is 0. The lowest BCUT2D eigenvalue weighted by molar-refractivity contribution is -0.206. The van der Waals surface area contributed by atoms with Gasteiger partial charge in [-0.1, -0.05) is 0 Å². The number of hydroxylamine groups is 2. The van der Waals surface area contributed by atoms with E-state index in [0.29, 0.717) is 37.7 Å². The molecule has 1 aromatic carbocycles. The Balaban J connectivity index is 1.58. The number of amides is 1. The normalized spacial score (nSPS) is 19.3. The molecule has 2 heterocycles. The van der Waals surface area contributed by atoms with Crippen LogP contribution in [0, 0.1) is 5.92 Å². The number of alkyl halides is 2. The van der Waals surface area contributed by atoms with Crippen molar-refractivity contribution >= 4 is 11.9 Å². The van der Waals surface area contributed by atoms with Crippen molar-refractivity contribution in [3.63, 3.8) is 0 Å². The molecular formula is C24H30F2N4O6. The van der Waals surface area contributed by atoms with Crippen molar-refractivity contribution in [1.82, 2.24) is 14.9 Å². The van der Waals surface area contributed by atoms with Gasteiger partial charge in [0.1, 0.15) is 0 Å². The molecule has 1 saturated heterocycles. The number of carbonyl (C=O) groups is 2. The van der Waals surface area contributed by atoms with E-state index in [1.165, 1.54) is 25.1 Å². The molecule has 4 rings (SSSR count). The maximum atomic E-state index is 13.4. The van der Waals surface area contributed by atoms with Crippen molar-refractivity contribution in [3.05, 3.63) is 29.7 Å². The van der Waals surface area contributed by atoms with Gasteiger partial charge in [0, 0.05) is 25.6 Å². The number of ether oxygens (including phenoxy) is 2. The minimum atomic E-state index is -3.00. The van der Waals surface area contributed by atoms with Gasteiger partial charge in [-0.05, 0) is 50.8 Å². The first kappa shape index (κ1) is 25.8. The molecule has 2 aliphatic rings. The molecule has 10 nitrogen and oxygen atoms in total. The summed E-state index contributed by atoms with van der Waals surface area (Å²) in [5.74, 6) is -0.0299. The zero-order valence-electron chi connectivity index (χ0n) is 20.4. The van der Waals surface area contributed by atoms with Gasteiger partial charge >= 0.3 is 12.6 Å². The third-order valence-corrected chi connectivity index (χ3v) is 5.95. The van der Waals surface area contributed by atoms with Crippen molar-refractivity contribution in [2.45, 2.75) is 52.3 Å². The van der Waals surface area contributed by atoms with E-state index in [9.17, 15) is 18.4 Å². The lowest BCUT2D eigenvalue weighted by Crippen LogP contribution is -2.54. The number of hydrogen-bond donors (Lipinski definition) is 1. The van der Waals surface area contributed by atoms with E-state index in [4.69, 9.17) is 19.7 Å². The van der Waals surface area contributed by atoms with Crippen LogP contribution in [0.3, 0.4) is 0 Å². The average molecular weight is 509 g/mol. The van der Waals surface area contributed by atoms with Crippen molar-refractivity contribution in [2.75, 3.05) is 26.2 Å². The minimum Gasteiger partial charge on any atom is -0.489 e. The van der Waals surface area contributed by atoms with E-state index in [1.54, 1.807) is 16.9 Å². The van der Waals surface area contributed by atoms with Crippen LogP contribution in [-0.2, 0) is 9.63 Å². The molecule has 0 spiro atoms. The van der Waals surface area contributed by atoms with Crippen molar-refractivity contribution in [2.24, 2.45) is 11.7 Å². The van der Waals surface area contributed by atoms with E-state index in [1.807, 2.05) is 6.92 Å². The SMILES string of the molecule is CC(=O)ON1CCN(C(=O)c2nc(-c3ccc(OC(F)F)c(OCC4CC4)c3)oc2[C@H](C)N)CC1C. The Labute approximate surface area is 207 Å². The Kier molecular flexibility index (Phi) is 7.74. The maximum Gasteiger partial charge on any atom is 0.387 e. The molecule has 0 radical (unpaired) electrons. The zero-order chi connectivity index (χ0) is 26.0. The van der Waals surface area contributed by atoms with E-state index >= 15 is 0 Å². The summed E-state index contributed by atoms with van der Waals surface area (Å²) < 4.78 is 41.9. The van der Waals surface area contributed by atoms with Crippen LogP contribution in [0.4, 0.5) is 8.78 Å². The van der Waals surface area contributed by atoms with Gasteiger partial charge < -0.3 is 29.4 Å².